The maximum atomic E-state index is 6.28. The summed E-state index contributed by atoms with van der Waals surface area (Å²) in [6, 6.07) is 67.5. The van der Waals surface area contributed by atoms with Gasteiger partial charge in [0.25, 0.3) is 0 Å². The Kier molecular flexibility index (Phi) is 7.42. The lowest BCUT2D eigenvalue weighted by molar-refractivity contribution is 0.669. The van der Waals surface area contributed by atoms with Crippen LogP contribution in [0.2, 0.25) is 0 Å². The summed E-state index contributed by atoms with van der Waals surface area (Å²) < 4.78 is 8.63. The van der Waals surface area contributed by atoms with E-state index in [1.165, 1.54) is 5.56 Å². The first-order valence-electron chi connectivity index (χ1n) is 18.8. The molecule has 8 aromatic carbocycles. The molecule has 5 heteroatoms. The summed E-state index contributed by atoms with van der Waals surface area (Å²) >= 11 is 0. The second-order valence-corrected chi connectivity index (χ2v) is 14.0. The summed E-state index contributed by atoms with van der Waals surface area (Å²) in [5, 5.41) is 4.53. The van der Waals surface area contributed by atoms with Gasteiger partial charge in [0.05, 0.1) is 11.0 Å². The molecule has 0 bridgehead atoms. The van der Waals surface area contributed by atoms with Gasteiger partial charge in [-0.3, -0.25) is 0 Å². The van der Waals surface area contributed by atoms with E-state index in [0.29, 0.717) is 17.5 Å². The Morgan fingerprint density at radius 2 is 0.875 bits per heavy atom. The molecule has 0 spiro atoms. The van der Waals surface area contributed by atoms with Crippen LogP contribution in [0.15, 0.2) is 199 Å². The molecule has 0 saturated heterocycles. The monoisotopic (exact) mass is 716 g/mol. The van der Waals surface area contributed by atoms with Gasteiger partial charge in [0.1, 0.15) is 11.2 Å². The van der Waals surface area contributed by atoms with Crippen LogP contribution in [0.1, 0.15) is 0 Å². The van der Waals surface area contributed by atoms with Crippen LogP contribution < -0.4 is 0 Å². The molecule has 0 N–H and O–H groups in total. The number of fused-ring (bicyclic) bond motifs is 6. The molecule has 11 aromatic rings. The zero-order chi connectivity index (χ0) is 37.0. The van der Waals surface area contributed by atoms with E-state index in [-0.39, 0.29) is 0 Å². The Morgan fingerprint density at radius 1 is 0.339 bits per heavy atom. The van der Waals surface area contributed by atoms with Gasteiger partial charge in [0.15, 0.2) is 17.5 Å². The van der Waals surface area contributed by atoms with Crippen molar-refractivity contribution in [3.05, 3.63) is 194 Å². The third kappa shape index (κ3) is 5.37. The summed E-state index contributed by atoms with van der Waals surface area (Å²) in [5.41, 5.74) is 12.2. The molecular weight excluding hydrogens is 685 g/mol. The molecule has 0 radical (unpaired) electrons. The predicted octanol–water partition coefficient (Wildman–Crippen LogP) is 13.2. The first-order valence-corrected chi connectivity index (χ1v) is 18.8. The summed E-state index contributed by atoms with van der Waals surface area (Å²) in [5.74, 6) is 1.86. The third-order valence-electron chi connectivity index (χ3n) is 10.7. The van der Waals surface area contributed by atoms with Crippen molar-refractivity contribution < 1.29 is 4.42 Å². The molecule has 0 aliphatic heterocycles. The van der Waals surface area contributed by atoms with E-state index in [1.54, 1.807) is 0 Å². The van der Waals surface area contributed by atoms with Crippen LogP contribution in [0.5, 0.6) is 0 Å². The molecule has 5 nitrogen and oxygen atoms in total. The lowest BCUT2D eigenvalue weighted by atomic mass is 10.0. The number of rotatable bonds is 6. The topological polar surface area (TPSA) is 56.7 Å². The number of nitrogens with zero attached hydrogens (tertiary/aromatic N) is 4. The fourth-order valence-corrected chi connectivity index (χ4v) is 7.98. The maximum Gasteiger partial charge on any atom is 0.166 e. The van der Waals surface area contributed by atoms with Gasteiger partial charge in [-0.15, -0.1) is 0 Å². The van der Waals surface area contributed by atoms with Crippen molar-refractivity contribution in [1.29, 1.82) is 0 Å². The summed E-state index contributed by atoms with van der Waals surface area (Å²) in [4.78, 5) is 15.5. The average Bonchev–Trinajstić information content (AvgIpc) is 3.82. The minimum absolute atomic E-state index is 0.613. The summed E-state index contributed by atoms with van der Waals surface area (Å²) in [6.45, 7) is 0. The Morgan fingerprint density at radius 3 is 1.68 bits per heavy atom. The molecular formula is C51H32N4O. The van der Waals surface area contributed by atoms with Gasteiger partial charge >= 0.3 is 0 Å². The Labute approximate surface area is 322 Å². The number of hydrogen-bond acceptors (Lipinski definition) is 4. The van der Waals surface area contributed by atoms with Gasteiger partial charge in [0.2, 0.25) is 0 Å². The zero-order valence-corrected chi connectivity index (χ0v) is 30.2. The smallest absolute Gasteiger partial charge is 0.166 e. The van der Waals surface area contributed by atoms with Crippen LogP contribution in [0, 0.1) is 0 Å². The van der Waals surface area contributed by atoms with E-state index in [0.717, 1.165) is 82.8 Å². The predicted molar refractivity (Wildman–Crippen MR) is 229 cm³/mol. The van der Waals surface area contributed by atoms with Gasteiger partial charge in [-0.2, -0.15) is 0 Å². The van der Waals surface area contributed by atoms with E-state index in [4.69, 9.17) is 19.4 Å². The molecule has 11 rings (SSSR count). The SMILES string of the molecule is c1ccc(-c2ccc(-c3nc(-c4ccccc4)nc(-c4cccc5c6ccccc6n(-c6cccc(-c7ccc8c(c7)oc7ccccc78)c6)c45)n3)cc2)cc1. The maximum absolute atomic E-state index is 6.28. The molecule has 0 unspecified atom stereocenters. The largest absolute Gasteiger partial charge is 0.456 e. The normalized spacial score (nSPS) is 11.6. The minimum atomic E-state index is 0.613. The molecule has 0 atom stereocenters. The molecule has 0 fully saturated rings. The molecule has 262 valence electrons. The van der Waals surface area contributed by atoms with E-state index in [2.05, 4.69) is 150 Å². The third-order valence-corrected chi connectivity index (χ3v) is 10.7. The molecule has 56 heavy (non-hydrogen) atoms. The lowest BCUT2D eigenvalue weighted by Gasteiger charge is -2.14. The van der Waals surface area contributed by atoms with Crippen molar-refractivity contribution in [3.8, 4) is 62.1 Å². The van der Waals surface area contributed by atoms with Gasteiger partial charge in [-0.25, -0.2) is 15.0 Å². The Balaban J connectivity index is 1.10. The van der Waals surface area contributed by atoms with Crippen LogP contribution in [0.3, 0.4) is 0 Å². The molecule has 3 aromatic heterocycles. The second kappa shape index (κ2) is 13.0. The number of furan rings is 1. The van der Waals surface area contributed by atoms with Crippen LogP contribution >= 0.6 is 0 Å². The van der Waals surface area contributed by atoms with E-state index in [9.17, 15) is 0 Å². The van der Waals surface area contributed by atoms with Crippen molar-refractivity contribution in [2.24, 2.45) is 0 Å². The van der Waals surface area contributed by atoms with Crippen molar-refractivity contribution in [3.63, 3.8) is 0 Å². The Bertz CT molecular complexity index is 3240. The highest BCUT2D eigenvalue weighted by molar-refractivity contribution is 6.13. The van der Waals surface area contributed by atoms with Gasteiger partial charge in [-0.05, 0) is 64.7 Å². The number of hydrogen-bond donors (Lipinski definition) is 0. The van der Waals surface area contributed by atoms with E-state index in [1.807, 2.05) is 48.5 Å². The van der Waals surface area contributed by atoms with Crippen LogP contribution in [0.25, 0.3) is 106 Å². The van der Waals surface area contributed by atoms with E-state index >= 15 is 0 Å². The standard InChI is InChI=1S/C51H32N4O/c1-3-13-33(14-4-1)34-25-27-36(28-26-34)50-52-49(35-15-5-2-6-16-35)53-51(54-50)44-22-12-21-43-40-19-7-9-23-45(40)55(48(43)44)39-18-11-17-37(31-39)38-29-30-42-41-20-8-10-24-46(41)56-47(42)32-38/h1-32H. The number of benzene rings is 8. The quantitative estimate of drug-likeness (QED) is 0.172. The van der Waals surface area contributed by atoms with Crippen LogP contribution in [-0.4, -0.2) is 19.5 Å². The van der Waals surface area contributed by atoms with Crippen molar-refractivity contribution in [1.82, 2.24) is 19.5 Å². The summed E-state index contributed by atoms with van der Waals surface area (Å²) in [7, 11) is 0. The fraction of sp³-hybridized carbons (Fsp3) is 0. The van der Waals surface area contributed by atoms with Crippen molar-refractivity contribution in [2.45, 2.75) is 0 Å². The highest BCUT2D eigenvalue weighted by Gasteiger charge is 2.20. The van der Waals surface area contributed by atoms with E-state index < -0.39 is 0 Å². The highest BCUT2D eigenvalue weighted by Crippen LogP contribution is 2.39. The molecule has 0 amide bonds. The highest BCUT2D eigenvalue weighted by atomic mass is 16.3. The van der Waals surface area contributed by atoms with Crippen molar-refractivity contribution >= 4 is 43.7 Å². The molecule has 3 heterocycles. The van der Waals surface area contributed by atoms with Crippen LogP contribution in [-0.2, 0) is 0 Å². The summed E-state index contributed by atoms with van der Waals surface area (Å²) in [6.07, 6.45) is 0. The Hall–Kier alpha value is -7.63. The fourth-order valence-electron chi connectivity index (χ4n) is 7.98. The molecule has 0 aliphatic rings. The van der Waals surface area contributed by atoms with Crippen LogP contribution in [0.4, 0.5) is 0 Å². The van der Waals surface area contributed by atoms with Crippen molar-refractivity contribution in [2.75, 3.05) is 0 Å². The lowest BCUT2D eigenvalue weighted by Crippen LogP contribution is -2.02. The van der Waals surface area contributed by atoms with Gasteiger partial charge < -0.3 is 8.98 Å². The first-order chi connectivity index (χ1) is 27.7. The average molecular weight is 717 g/mol. The molecule has 0 aliphatic carbocycles. The number of para-hydroxylation sites is 3. The first kappa shape index (κ1) is 31.9. The minimum Gasteiger partial charge on any atom is -0.456 e. The zero-order valence-electron chi connectivity index (χ0n) is 30.2. The van der Waals surface area contributed by atoms with Gasteiger partial charge in [0, 0.05) is 43.9 Å². The number of aromatic nitrogens is 4. The molecule has 0 saturated carbocycles. The van der Waals surface area contributed by atoms with Gasteiger partial charge in [-0.1, -0.05) is 152 Å². The second-order valence-electron chi connectivity index (χ2n) is 14.0.